The fourth-order valence-corrected chi connectivity index (χ4v) is 4.32. The number of carboxylic acid groups (broad SMARTS) is 1. The third-order valence-electron chi connectivity index (χ3n) is 6.65. The number of aromatic hydroxyl groups is 1. The summed E-state index contributed by atoms with van der Waals surface area (Å²) in [6, 6.07) is 11.0. The lowest BCUT2D eigenvalue weighted by atomic mass is 10.0. The Kier molecular flexibility index (Phi) is 13.6. The van der Waals surface area contributed by atoms with E-state index in [9.17, 15) is 34.2 Å². The number of benzene rings is 2. The van der Waals surface area contributed by atoms with Crippen molar-refractivity contribution >= 4 is 29.6 Å². The van der Waals surface area contributed by atoms with Crippen molar-refractivity contribution in [3.63, 3.8) is 0 Å². The third-order valence-corrected chi connectivity index (χ3v) is 6.65. The number of phenols is 1. The average Bonchev–Trinajstić information content (AvgIpc) is 2.95. The van der Waals surface area contributed by atoms with Gasteiger partial charge in [-0.1, -0.05) is 70.2 Å². The van der Waals surface area contributed by atoms with Crippen molar-refractivity contribution in [2.45, 2.75) is 71.1 Å². The van der Waals surface area contributed by atoms with Crippen LogP contribution in [-0.2, 0) is 36.8 Å². The number of hydrogen-bond donors (Lipinski definition) is 7. The number of hydrogen-bond acceptors (Lipinski definition) is 7. The van der Waals surface area contributed by atoms with Crippen LogP contribution in [0.15, 0.2) is 54.6 Å². The van der Waals surface area contributed by atoms with Gasteiger partial charge in [0, 0.05) is 6.42 Å². The molecule has 12 nitrogen and oxygen atoms in total. The van der Waals surface area contributed by atoms with Crippen molar-refractivity contribution in [3.8, 4) is 5.75 Å². The summed E-state index contributed by atoms with van der Waals surface area (Å²) in [5, 5.41) is 29.2. The number of aliphatic carboxylic acids is 1. The van der Waals surface area contributed by atoms with E-state index < -0.39 is 60.3 Å². The van der Waals surface area contributed by atoms with Crippen LogP contribution in [-0.4, -0.2) is 70.5 Å². The van der Waals surface area contributed by atoms with E-state index >= 15 is 0 Å². The first kappa shape index (κ1) is 34.7. The minimum Gasteiger partial charge on any atom is -0.508 e. The first-order chi connectivity index (χ1) is 20.3. The van der Waals surface area contributed by atoms with Gasteiger partial charge >= 0.3 is 5.97 Å². The summed E-state index contributed by atoms with van der Waals surface area (Å²) in [6.07, 6.45) is 0.500. The molecular weight excluding hydrogens is 554 g/mol. The quantitative estimate of drug-likeness (QED) is 0.148. The summed E-state index contributed by atoms with van der Waals surface area (Å²) in [6.45, 7) is 6.65. The Hall–Kier alpha value is -4.45. The molecule has 0 aliphatic carbocycles. The molecule has 0 aliphatic rings. The van der Waals surface area contributed by atoms with Crippen LogP contribution in [0.3, 0.4) is 0 Å². The van der Waals surface area contributed by atoms with Gasteiger partial charge in [-0.05, 0) is 47.9 Å². The first-order valence-electron chi connectivity index (χ1n) is 14.2. The van der Waals surface area contributed by atoms with Gasteiger partial charge in [-0.15, -0.1) is 0 Å². The van der Waals surface area contributed by atoms with Crippen LogP contribution in [0, 0.1) is 11.8 Å². The molecule has 234 valence electrons. The van der Waals surface area contributed by atoms with Crippen LogP contribution in [0.5, 0.6) is 5.75 Å². The van der Waals surface area contributed by atoms with Crippen LogP contribution in [0.2, 0.25) is 0 Å². The Morgan fingerprint density at radius 1 is 0.744 bits per heavy atom. The van der Waals surface area contributed by atoms with Gasteiger partial charge in [0.05, 0.1) is 12.6 Å². The van der Waals surface area contributed by atoms with E-state index in [2.05, 4.69) is 21.3 Å². The van der Waals surface area contributed by atoms with Gasteiger partial charge in [-0.2, -0.15) is 0 Å². The van der Waals surface area contributed by atoms with Crippen molar-refractivity contribution < 1.29 is 34.2 Å². The highest BCUT2D eigenvalue weighted by atomic mass is 16.4. The molecule has 0 spiro atoms. The Bertz CT molecular complexity index is 1230. The lowest BCUT2D eigenvalue weighted by Gasteiger charge is -2.24. The highest BCUT2D eigenvalue weighted by Gasteiger charge is 2.29. The Balaban J connectivity index is 2.02. The number of amides is 4. The molecule has 12 heteroatoms. The van der Waals surface area contributed by atoms with Gasteiger partial charge < -0.3 is 37.2 Å². The molecule has 4 atom stereocenters. The topological polar surface area (TPSA) is 200 Å². The number of rotatable bonds is 16. The zero-order chi connectivity index (χ0) is 32.1. The van der Waals surface area contributed by atoms with Gasteiger partial charge in [-0.25, -0.2) is 4.79 Å². The van der Waals surface area contributed by atoms with E-state index in [-0.39, 0.29) is 36.8 Å². The van der Waals surface area contributed by atoms with Crippen molar-refractivity contribution in [1.82, 2.24) is 21.3 Å². The van der Waals surface area contributed by atoms with Crippen molar-refractivity contribution in [2.75, 3.05) is 6.54 Å². The van der Waals surface area contributed by atoms with Crippen LogP contribution < -0.4 is 27.0 Å². The average molecular weight is 598 g/mol. The van der Waals surface area contributed by atoms with Crippen molar-refractivity contribution in [1.29, 1.82) is 0 Å². The molecule has 4 unspecified atom stereocenters. The fraction of sp³-hybridized carbons (Fsp3) is 0.452. The molecule has 2 aromatic rings. The number of phenolic OH excluding ortho intramolecular Hbond substituents is 1. The molecule has 0 bridgehead atoms. The summed E-state index contributed by atoms with van der Waals surface area (Å²) < 4.78 is 0. The minimum absolute atomic E-state index is 0.00975. The van der Waals surface area contributed by atoms with Gasteiger partial charge in [-0.3, -0.25) is 19.2 Å². The van der Waals surface area contributed by atoms with Gasteiger partial charge in [0.25, 0.3) is 0 Å². The second kappa shape index (κ2) is 16.9. The van der Waals surface area contributed by atoms with Gasteiger partial charge in [0.2, 0.25) is 23.6 Å². The van der Waals surface area contributed by atoms with E-state index in [1.807, 2.05) is 13.8 Å². The zero-order valence-corrected chi connectivity index (χ0v) is 25.0. The van der Waals surface area contributed by atoms with Crippen LogP contribution >= 0.6 is 0 Å². The van der Waals surface area contributed by atoms with E-state index in [1.54, 1.807) is 56.3 Å². The number of carbonyl (C=O) groups excluding carboxylic acids is 4. The highest BCUT2D eigenvalue weighted by molar-refractivity contribution is 5.94. The van der Waals surface area contributed by atoms with Gasteiger partial charge in [0.15, 0.2) is 0 Å². The van der Waals surface area contributed by atoms with Crippen LogP contribution in [0.4, 0.5) is 0 Å². The van der Waals surface area contributed by atoms with Gasteiger partial charge in [0.1, 0.15) is 23.9 Å². The Morgan fingerprint density at radius 3 is 1.91 bits per heavy atom. The third kappa shape index (κ3) is 12.1. The molecule has 2 aromatic carbocycles. The van der Waals surface area contributed by atoms with Crippen LogP contribution in [0.1, 0.15) is 45.2 Å². The normalized spacial score (nSPS) is 13.8. The maximum absolute atomic E-state index is 13.1. The molecule has 0 saturated carbocycles. The van der Waals surface area contributed by atoms with Crippen molar-refractivity contribution in [3.05, 3.63) is 65.7 Å². The molecule has 4 amide bonds. The van der Waals surface area contributed by atoms with E-state index in [1.165, 1.54) is 12.1 Å². The fourth-order valence-electron chi connectivity index (χ4n) is 4.32. The number of nitrogens with two attached hydrogens (primary N) is 1. The SMILES string of the molecule is CC(C)CC(NC(=O)C(Cc1ccccc1)NC(=O)CNC(=O)C(NC(=O)C(N)Cc1ccc(O)cc1)C(C)C)C(=O)O. The standard InChI is InChI=1S/C31H43N5O7/c1-18(2)14-25(31(42)43)35-29(40)24(16-20-8-6-5-7-9-20)34-26(38)17-33-30(41)27(19(3)4)36-28(39)23(32)15-21-10-12-22(37)13-11-21/h5-13,18-19,23-25,27,37H,14-17,32H2,1-4H3,(H,33,41)(H,34,38)(H,35,40)(H,36,39)(H,42,43). The zero-order valence-electron chi connectivity index (χ0n) is 25.0. The smallest absolute Gasteiger partial charge is 0.326 e. The second-order valence-corrected chi connectivity index (χ2v) is 11.3. The summed E-state index contributed by atoms with van der Waals surface area (Å²) in [5.41, 5.74) is 7.52. The van der Waals surface area contributed by atoms with E-state index in [0.29, 0.717) is 0 Å². The molecule has 0 fully saturated rings. The molecule has 2 rings (SSSR count). The predicted molar refractivity (Wildman–Crippen MR) is 161 cm³/mol. The van der Waals surface area contributed by atoms with E-state index in [0.717, 1.165) is 11.1 Å². The summed E-state index contributed by atoms with van der Waals surface area (Å²) >= 11 is 0. The molecule has 0 aromatic heterocycles. The molecule has 0 radical (unpaired) electrons. The minimum atomic E-state index is -1.18. The molecule has 0 heterocycles. The molecule has 0 saturated heterocycles. The molecule has 43 heavy (non-hydrogen) atoms. The Morgan fingerprint density at radius 2 is 1.35 bits per heavy atom. The lowest BCUT2D eigenvalue weighted by Crippen LogP contribution is -2.56. The first-order valence-corrected chi connectivity index (χ1v) is 14.2. The maximum atomic E-state index is 13.1. The van der Waals surface area contributed by atoms with Crippen molar-refractivity contribution in [2.24, 2.45) is 17.6 Å². The highest BCUT2D eigenvalue weighted by Crippen LogP contribution is 2.12. The second-order valence-electron chi connectivity index (χ2n) is 11.3. The van der Waals surface area contributed by atoms with E-state index in [4.69, 9.17) is 5.73 Å². The molecular formula is C31H43N5O7. The largest absolute Gasteiger partial charge is 0.508 e. The maximum Gasteiger partial charge on any atom is 0.326 e. The molecule has 0 aliphatic heterocycles. The molecule has 8 N–H and O–H groups in total. The monoisotopic (exact) mass is 597 g/mol. The predicted octanol–water partition coefficient (Wildman–Crippen LogP) is 0.862. The summed E-state index contributed by atoms with van der Waals surface area (Å²) in [7, 11) is 0. The lowest BCUT2D eigenvalue weighted by molar-refractivity contribution is -0.142. The van der Waals surface area contributed by atoms with Crippen LogP contribution in [0.25, 0.3) is 0 Å². The summed E-state index contributed by atoms with van der Waals surface area (Å²) in [5.74, 6) is -3.91. The Labute approximate surface area is 251 Å². The number of carbonyl (C=O) groups is 5. The number of carboxylic acids is 1. The number of nitrogens with one attached hydrogen (secondary N) is 4. The summed E-state index contributed by atoms with van der Waals surface area (Å²) in [4.78, 5) is 63.3.